The zero-order chi connectivity index (χ0) is 12.9. The molecular formula is C13H26N2O2. The molecule has 17 heavy (non-hydrogen) atoms. The Kier molecular flexibility index (Phi) is 5.25. The fourth-order valence-corrected chi connectivity index (χ4v) is 2.22. The molecule has 0 aliphatic heterocycles. The molecular weight excluding hydrogens is 216 g/mol. The number of nitrogens with zero attached hydrogens (tertiary/aromatic N) is 1. The normalized spacial score (nSPS) is 17.2. The van der Waals surface area contributed by atoms with E-state index in [0.29, 0.717) is 12.6 Å². The van der Waals surface area contributed by atoms with Gasteiger partial charge in [0.25, 0.3) is 0 Å². The van der Waals surface area contributed by atoms with Gasteiger partial charge in [0.2, 0.25) is 0 Å². The number of carbonyl (C=O) groups excluding carboxylic acids is 1. The number of amides is 1. The number of hydrogen-bond acceptors (Lipinski definition) is 3. The van der Waals surface area contributed by atoms with Crippen molar-refractivity contribution >= 4 is 6.09 Å². The second-order valence-electron chi connectivity index (χ2n) is 5.75. The van der Waals surface area contributed by atoms with Gasteiger partial charge in [0.05, 0.1) is 0 Å². The van der Waals surface area contributed by atoms with E-state index < -0.39 is 5.60 Å². The number of rotatable bonds is 4. The molecule has 4 heteroatoms. The summed E-state index contributed by atoms with van der Waals surface area (Å²) >= 11 is 0. The zero-order valence-electron chi connectivity index (χ0n) is 11.4. The van der Waals surface area contributed by atoms with Crippen molar-refractivity contribution in [3.63, 3.8) is 0 Å². The van der Waals surface area contributed by atoms with Crippen LogP contribution in [0.5, 0.6) is 0 Å². The molecule has 0 aromatic rings. The molecule has 0 spiro atoms. The molecule has 0 saturated heterocycles. The Morgan fingerprint density at radius 1 is 1.35 bits per heavy atom. The van der Waals surface area contributed by atoms with Gasteiger partial charge in [-0.2, -0.15) is 0 Å². The van der Waals surface area contributed by atoms with Gasteiger partial charge in [-0.3, -0.25) is 0 Å². The first-order valence-corrected chi connectivity index (χ1v) is 6.64. The second kappa shape index (κ2) is 6.24. The highest BCUT2D eigenvalue weighted by Gasteiger charge is 2.29. The summed E-state index contributed by atoms with van der Waals surface area (Å²) in [6.45, 7) is 7.05. The van der Waals surface area contributed by atoms with Crippen molar-refractivity contribution in [2.75, 3.05) is 13.1 Å². The third-order valence-electron chi connectivity index (χ3n) is 3.00. The lowest BCUT2D eigenvalue weighted by Crippen LogP contribution is -2.43. The van der Waals surface area contributed by atoms with Gasteiger partial charge >= 0.3 is 6.09 Å². The van der Waals surface area contributed by atoms with Gasteiger partial charge < -0.3 is 15.4 Å². The summed E-state index contributed by atoms with van der Waals surface area (Å²) in [5.41, 5.74) is 5.10. The van der Waals surface area contributed by atoms with Crippen molar-refractivity contribution < 1.29 is 9.53 Å². The smallest absolute Gasteiger partial charge is 0.410 e. The van der Waals surface area contributed by atoms with E-state index in [4.69, 9.17) is 10.5 Å². The van der Waals surface area contributed by atoms with Crippen LogP contribution in [0.3, 0.4) is 0 Å². The van der Waals surface area contributed by atoms with Crippen LogP contribution in [0, 0.1) is 0 Å². The van der Waals surface area contributed by atoms with Gasteiger partial charge in [-0.25, -0.2) is 4.79 Å². The molecule has 1 amide bonds. The number of nitrogens with two attached hydrogens (primary N) is 1. The van der Waals surface area contributed by atoms with Crippen LogP contribution >= 0.6 is 0 Å². The SMILES string of the molecule is CC(C)(C)OC(=O)N(CCCN)C1CCCC1. The van der Waals surface area contributed by atoms with Gasteiger partial charge in [-0.05, 0) is 46.6 Å². The largest absolute Gasteiger partial charge is 0.444 e. The van der Waals surface area contributed by atoms with Gasteiger partial charge in [0.1, 0.15) is 5.60 Å². The Morgan fingerprint density at radius 2 is 1.94 bits per heavy atom. The average molecular weight is 242 g/mol. The third kappa shape index (κ3) is 4.94. The Bertz CT molecular complexity index is 242. The zero-order valence-corrected chi connectivity index (χ0v) is 11.4. The number of carbonyl (C=O) groups is 1. The molecule has 0 aromatic heterocycles. The molecule has 2 N–H and O–H groups in total. The lowest BCUT2D eigenvalue weighted by molar-refractivity contribution is 0.0164. The van der Waals surface area contributed by atoms with Crippen LogP contribution in [0.4, 0.5) is 4.79 Å². The minimum absolute atomic E-state index is 0.183. The Morgan fingerprint density at radius 3 is 2.41 bits per heavy atom. The van der Waals surface area contributed by atoms with E-state index in [2.05, 4.69) is 0 Å². The quantitative estimate of drug-likeness (QED) is 0.824. The Labute approximate surface area is 104 Å². The molecule has 0 heterocycles. The van der Waals surface area contributed by atoms with Crippen LogP contribution in [0.2, 0.25) is 0 Å². The van der Waals surface area contributed by atoms with E-state index in [-0.39, 0.29) is 6.09 Å². The predicted octanol–water partition coefficient (Wildman–Crippen LogP) is 2.51. The van der Waals surface area contributed by atoms with Crippen LogP contribution in [0.15, 0.2) is 0 Å². The second-order valence-corrected chi connectivity index (χ2v) is 5.75. The predicted molar refractivity (Wildman–Crippen MR) is 68.9 cm³/mol. The first-order chi connectivity index (χ1) is 7.94. The van der Waals surface area contributed by atoms with Crippen LogP contribution in [-0.4, -0.2) is 35.7 Å². The number of ether oxygens (including phenoxy) is 1. The van der Waals surface area contributed by atoms with Crippen LogP contribution in [0.25, 0.3) is 0 Å². The highest BCUT2D eigenvalue weighted by atomic mass is 16.6. The maximum absolute atomic E-state index is 12.1. The first-order valence-electron chi connectivity index (χ1n) is 6.64. The molecule has 0 aromatic carbocycles. The highest BCUT2D eigenvalue weighted by molar-refractivity contribution is 5.68. The fourth-order valence-electron chi connectivity index (χ4n) is 2.22. The van der Waals surface area contributed by atoms with E-state index in [0.717, 1.165) is 25.8 Å². The van der Waals surface area contributed by atoms with Crippen molar-refractivity contribution in [3.8, 4) is 0 Å². The van der Waals surface area contributed by atoms with Gasteiger partial charge in [-0.1, -0.05) is 12.8 Å². The van der Waals surface area contributed by atoms with Gasteiger partial charge in [-0.15, -0.1) is 0 Å². The fraction of sp³-hybridized carbons (Fsp3) is 0.923. The minimum atomic E-state index is -0.420. The highest BCUT2D eigenvalue weighted by Crippen LogP contribution is 2.25. The summed E-state index contributed by atoms with van der Waals surface area (Å²) in [5, 5.41) is 0. The summed E-state index contributed by atoms with van der Waals surface area (Å²) < 4.78 is 5.46. The van der Waals surface area contributed by atoms with Crippen molar-refractivity contribution in [1.29, 1.82) is 0 Å². The van der Waals surface area contributed by atoms with Crippen molar-refractivity contribution in [1.82, 2.24) is 4.90 Å². The van der Waals surface area contributed by atoms with E-state index in [1.165, 1.54) is 12.8 Å². The molecule has 1 fully saturated rings. The van der Waals surface area contributed by atoms with Gasteiger partial charge in [0, 0.05) is 12.6 Å². The van der Waals surface area contributed by atoms with Crippen LogP contribution in [-0.2, 0) is 4.74 Å². The molecule has 4 nitrogen and oxygen atoms in total. The molecule has 1 saturated carbocycles. The molecule has 100 valence electrons. The molecule has 1 aliphatic carbocycles. The average Bonchev–Trinajstić information content (AvgIpc) is 2.68. The topological polar surface area (TPSA) is 55.6 Å². The first kappa shape index (κ1) is 14.3. The molecule has 0 unspecified atom stereocenters. The molecule has 1 rings (SSSR count). The maximum atomic E-state index is 12.1. The van der Waals surface area contributed by atoms with E-state index in [9.17, 15) is 4.79 Å². The van der Waals surface area contributed by atoms with Crippen molar-refractivity contribution in [2.45, 2.75) is 64.5 Å². The van der Waals surface area contributed by atoms with Crippen LogP contribution < -0.4 is 5.73 Å². The monoisotopic (exact) mass is 242 g/mol. The summed E-state index contributed by atoms with van der Waals surface area (Å²) in [6, 6.07) is 0.358. The molecule has 0 bridgehead atoms. The van der Waals surface area contributed by atoms with E-state index in [1.54, 1.807) is 0 Å². The Hall–Kier alpha value is -0.770. The summed E-state index contributed by atoms with van der Waals surface area (Å²) in [4.78, 5) is 14.0. The van der Waals surface area contributed by atoms with Crippen molar-refractivity contribution in [2.24, 2.45) is 5.73 Å². The summed E-state index contributed by atoms with van der Waals surface area (Å²) in [5.74, 6) is 0. The molecule has 0 atom stereocenters. The van der Waals surface area contributed by atoms with E-state index in [1.807, 2.05) is 25.7 Å². The minimum Gasteiger partial charge on any atom is -0.444 e. The standard InChI is InChI=1S/C13H26N2O2/c1-13(2,3)17-12(16)15(10-6-9-14)11-7-4-5-8-11/h11H,4-10,14H2,1-3H3. The lowest BCUT2D eigenvalue weighted by Gasteiger charge is -2.31. The van der Waals surface area contributed by atoms with Crippen LogP contribution in [0.1, 0.15) is 52.9 Å². The summed E-state index contributed by atoms with van der Waals surface area (Å²) in [6.07, 6.45) is 5.29. The van der Waals surface area contributed by atoms with Gasteiger partial charge in [0.15, 0.2) is 0 Å². The maximum Gasteiger partial charge on any atom is 0.410 e. The van der Waals surface area contributed by atoms with E-state index >= 15 is 0 Å². The third-order valence-corrected chi connectivity index (χ3v) is 3.00. The lowest BCUT2D eigenvalue weighted by atomic mass is 10.2. The number of hydrogen-bond donors (Lipinski definition) is 1. The van der Waals surface area contributed by atoms with Crippen molar-refractivity contribution in [3.05, 3.63) is 0 Å². The summed E-state index contributed by atoms with van der Waals surface area (Å²) in [7, 11) is 0. The Balaban J connectivity index is 2.57. The molecule has 0 radical (unpaired) electrons. The molecule has 1 aliphatic rings.